The molecule has 2 heterocycles. The summed E-state index contributed by atoms with van der Waals surface area (Å²) in [6, 6.07) is 3.89. The second kappa shape index (κ2) is 4.49. The van der Waals surface area contributed by atoms with Crippen molar-refractivity contribution in [2.24, 2.45) is 0 Å². The summed E-state index contributed by atoms with van der Waals surface area (Å²) >= 11 is 0. The van der Waals surface area contributed by atoms with E-state index in [1.54, 1.807) is 0 Å². The van der Waals surface area contributed by atoms with Crippen molar-refractivity contribution in [2.75, 3.05) is 31.2 Å². The van der Waals surface area contributed by atoms with Crippen LogP contribution in [0.15, 0.2) is 12.1 Å². The highest BCUT2D eigenvalue weighted by molar-refractivity contribution is 5.74. The molecule has 0 unspecified atom stereocenters. The zero-order valence-corrected chi connectivity index (χ0v) is 8.98. The van der Waals surface area contributed by atoms with Gasteiger partial charge in [-0.05, 0) is 19.1 Å². The molecule has 1 aliphatic rings. The summed E-state index contributed by atoms with van der Waals surface area (Å²) < 4.78 is 7.35. The van der Waals surface area contributed by atoms with Gasteiger partial charge in [0.25, 0.3) is 0 Å². The average molecular weight is 208 g/mol. The first-order chi connectivity index (χ1) is 7.36. The summed E-state index contributed by atoms with van der Waals surface area (Å²) in [6.07, 6.45) is 0.910. The van der Waals surface area contributed by atoms with Crippen LogP contribution in [0.1, 0.15) is 17.4 Å². The van der Waals surface area contributed by atoms with Crippen LogP contribution in [0.2, 0.25) is 0 Å². The van der Waals surface area contributed by atoms with Crippen molar-refractivity contribution in [1.29, 1.82) is 0 Å². The normalized spacial score (nSPS) is 16.7. The largest absolute Gasteiger partial charge is 0.378 e. The van der Waals surface area contributed by atoms with Gasteiger partial charge < -0.3 is 14.2 Å². The summed E-state index contributed by atoms with van der Waals surface area (Å²) in [5.41, 5.74) is 0.749. The first-order valence-electron chi connectivity index (χ1n) is 5.34. The number of aromatic nitrogens is 1. The van der Waals surface area contributed by atoms with E-state index < -0.39 is 0 Å². The van der Waals surface area contributed by atoms with Gasteiger partial charge in [-0.25, -0.2) is 0 Å². The molecular weight excluding hydrogens is 192 g/mol. The molecule has 1 aliphatic heterocycles. The summed E-state index contributed by atoms with van der Waals surface area (Å²) in [5.74, 6) is 1.13. The number of aldehydes is 1. The van der Waals surface area contributed by atoms with Crippen LogP contribution >= 0.6 is 0 Å². The van der Waals surface area contributed by atoms with E-state index in [2.05, 4.69) is 11.8 Å². The Balaban J connectivity index is 2.25. The van der Waals surface area contributed by atoms with Gasteiger partial charge >= 0.3 is 0 Å². The second-order valence-electron chi connectivity index (χ2n) is 3.58. The highest BCUT2D eigenvalue weighted by Crippen LogP contribution is 2.19. The summed E-state index contributed by atoms with van der Waals surface area (Å²) in [4.78, 5) is 13.1. The molecule has 0 radical (unpaired) electrons. The lowest BCUT2D eigenvalue weighted by Crippen LogP contribution is -2.37. The highest BCUT2D eigenvalue weighted by atomic mass is 16.5. The third-order valence-corrected chi connectivity index (χ3v) is 2.76. The molecule has 82 valence electrons. The Kier molecular flexibility index (Phi) is 3.06. The fourth-order valence-electron chi connectivity index (χ4n) is 1.99. The van der Waals surface area contributed by atoms with Gasteiger partial charge in [-0.3, -0.25) is 4.79 Å². The van der Waals surface area contributed by atoms with E-state index in [1.807, 2.05) is 16.7 Å². The smallest absolute Gasteiger partial charge is 0.166 e. The number of anilines is 1. The number of rotatable bonds is 3. The Morgan fingerprint density at radius 2 is 2.13 bits per heavy atom. The van der Waals surface area contributed by atoms with Crippen molar-refractivity contribution in [1.82, 2.24) is 4.57 Å². The zero-order valence-electron chi connectivity index (χ0n) is 8.98. The minimum atomic E-state index is 0.749. The summed E-state index contributed by atoms with van der Waals surface area (Å²) in [7, 11) is 0. The SMILES string of the molecule is CCn1c(C=O)ccc1N1CCOCC1. The number of ether oxygens (including phenoxy) is 1. The monoisotopic (exact) mass is 208 g/mol. The van der Waals surface area contributed by atoms with Crippen molar-refractivity contribution >= 4 is 12.1 Å². The maximum atomic E-state index is 10.8. The quantitative estimate of drug-likeness (QED) is 0.699. The van der Waals surface area contributed by atoms with Crippen molar-refractivity contribution in [2.45, 2.75) is 13.5 Å². The Hall–Kier alpha value is -1.29. The topological polar surface area (TPSA) is 34.5 Å². The molecule has 2 rings (SSSR count). The maximum Gasteiger partial charge on any atom is 0.166 e. The number of hydrogen-bond donors (Lipinski definition) is 0. The van der Waals surface area contributed by atoms with E-state index in [4.69, 9.17) is 4.74 Å². The molecule has 1 aromatic heterocycles. The van der Waals surface area contributed by atoms with Crippen molar-refractivity contribution < 1.29 is 9.53 Å². The predicted octanol–water partition coefficient (Wildman–Crippen LogP) is 1.16. The Morgan fingerprint density at radius 3 is 2.73 bits per heavy atom. The van der Waals surface area contributed by atoms with Crippen LogP contribution in [-0.4, -0.2) is 37.2 Å². The number of carbonyl (C=O) groups excluding carboxylic acids is 1. The van der Waals surface area contributed by atoms with Crippen LogP contribution in [0, 0.1) is 0 Å². The minimum Gasteiger partial charge on any atom is -0.378 e. The fourth-order valence-corrected chi connectivity index (χ4v) is 1.99. The van der Waals surface area contributed by atoms with Gasteiger partial charge in [0.15, 0.2) is 6.29 Å². The molecule has 0 aromatic carbocycles. The Bertz CT molecular complexity index is 340. The van der Waals surface area contributed by atoms with Crippen LogP contribution in [-0.2, 0) is 11.3 Å². The van der Waals surface area contributed by atoms with Crippen molar-refractivity contribution in [3.8, 4) is 0 Å². The van der Waals surface area contributed by atoms with Crippen molar-refractivity contribution in [3.63, 3.8) is 0 Å². The second-order valence-corrected chi connectivity index (χ2v) is 3.58. The summed E-state index contributed by atoms with van der Waals surface area (Å²) in [5, 5.41) is 0. The van der Waals surface area contributed by atoms with Gasteiger partial charge in [-0.15, -0.1) is 0 Å². The minimum absolute atomic E-state index is 0.749. The molecule has 0 saturated carbocycles. The molecule has 0 atom stereocenters. The molecule has 0 spiro atoms. The lowest BCUT2D eigenvalue weighted by atomic mass is 10.4. The molecule has 4 heteroatoms. The first-order valence-corrected chi connectivity index (χ1v) is 5.34. The lowest BCUT2D eigenvalue weighted by Gasteiger charge is -2.29. The molecule has 1 fully saturated rings. The van der Waals surface area contributed by atoms with Crippen LogP contribution in [0.3, 0.4) is 0 Å². The van der Waals surface area contributed by atoms with Crippen LogP contribution < -0.4 is 4.90 Å². The molecule has 0 aliphatic carbocycles. The molecule has 0 N–H and O–H groups in total. The van der Waals surface area contributed by atoms with Crippen LogP contribution in [0.5, 0.6) is 0 Å². The third-order valence-electron chi connectivity index (χ3n) is 2.76. The Labute approximate surface area is 89.4 Å². The van der Waals surface area contributed by atoms with E-state index in [-0.39, 0.29) is 0 Å². The molecule has 1 aromatic rings. The van der Waals surface area contributed by atoms with E-state index in [0.29, 0.717) is 0 Å². The maximum absolute atomic E-state index is 10.8. The van der Waals surface area contributed by atoms with Gasteiger partial charge in [-0.1, -0.05) is 0 Å². The molecule has 15 heavy (non-hydrogen) atoms. The number of carbonyl (C=O) groups is 1. The molecule has 1 saturated heterocycles. The third kappa shape index (κ3) is 1.90. The predicted molar refractivity (Wildman–Crippen MR) is 58.5 cm³/mol. The fraction of sp³-hybridized carbons (Fsp3) is 0.545. The zero-order chi connectivity index (χ0) is 10.7. The molecule has 4 nitrogen and oxygen atoms in total. The van der Waals surface area contributed by atoms with Gasteiger partial charge in [0.1, 0.15) is 5.82 Å². The van der Waals surface area contributed by atoms with Gasteiger partial charge in [0.05, 0.1) is 18.9 Å². The van der Waals surface area contributed by atoms with Crippen molar-refractivity contribution in [3.05, 3.63) is 17.8 Å². The molecule has 0 bridgehead atoms. The Morgan fingerprint density at radius 1 is 1.40 bits per heavy atom. The van der Waals surface area contributed by atoms with Gasteiger partial charge in [0.2, 0.25) is 0 Å². The highest BCUT2D eigenvalue weighted by Gasteiger charge is 2.15. The van der Waals surface area contributed by atoms with Crippen LogP contribution in [0.4, 0.5) is 5.82 Å². The number of morpholine rings is 1. The van der Waals surface area contributed by atoms with Gasteiger partial charge in [-0.2, -0.15) is 0 Å². The van der Waals surface area contributed by atoms with E-state index in [0.717, 1.165) is 50.6 Å². The molecular formula is C11H16N2O2. The standard InChI is InChI=1S/C11H16N2O2/c1-2-13-10(9-14)3-4-11(13)12-5-7-15-8-6-12/h3-4,9H,2,5-8H2,1H3. The lowest BCUT2D eigenvalue weighted by molar-refractivity contribution is 0.111. The van der Waals surface area contributed by atoms with E-state index in [1.165, 1.54) is 0 Å². The number of nitrogens with zero attached hydrogens (tertiary/aromatic N) is 2. The average Bonchev–Trinajstić information content (AvgIpc) is 2.72. The van der Waals surface area contributed by atoms with E-state index >= 15 is 0 Å². The number of hydrogen-bond acceptors (Lipinski definition) is 3. The summed E-state index contributed by atoms with van der Waals surface area (Å²) in [6.45, 7) is 6.23. The molecule has 0 amide bonds. The van der Waals surface area contributed by atoms with Gasteiger partial charge in [0, 0.05) is 19.6 Å². The first kappa shape index (κ1) is 10.2. The van der Waals surface area contributed by atoms with Crippen LogP contribution in [0.25, 0.3) is 0 Å². The van der Waals surface area contributed by atoms with E-state index in [9.17, 15) is 4.79 Å².